The fourth-order valence-electron chi connectivity index (χ4n) is 1.00. The molecule has 1 aromatic heterocycles. The molecular weight excluding hydrogens is 158 g/mol. The van der Waals surface area contributed by atoms with Gasteiger partial charge >= 0.3 is 6.08 Å². The van der Waals surface area contributed by atoms with Gasteiger partial charge in [0.25, 0.3) is 0 Å². The van der Waals surface area contributed by atoms with Crippen LogP contribution in [-0.4, -0.2) is 17.2 Å². The molecule has 0 unspecified atom stereocenters. The monoisotopic (exact) mass is 165 g/mol. The van der Waals surface area contributed by atoms with Gasteiger partial charge in [-0.3, -0.25) is 0 Å². The third kappa shape index (κ3) is 0.887. The molecule has 0 saturated heterocycles. The Kier molecular flexibility index (Phi) is 1.40. The number of hydrogen-bond acceptors (Lipinski definition) is 4. The van der Waals surface area contributed by atoms with Crippen LogP contribution < -0.4 is 4.74 Å². The average Bonchev–Trinajstić information content (AvgIpc) is 2.49. The Labute approximate surface area is 68.4 Å². The first kappa shape index (κ1) is 6.97. The van der Waals surface area contributed by atoms with Crippen molar-refractivity contribution in [2.75, 3.05) is 7.11 Å². The van der Waals surface area contributed by atoms with Crippen LogP contribution in [0.15, 0.2) is 22.6 Å². The number of nitrogens with zero attached hydrogens (tertiary/aromatic N) is 1. The van der Waals surface area contributed by atoms with Crippen molar-refractivity contribution < 1.29 is 14.3 Å². The smallest absolute Gasteiger partial charge is 0.394 e. The standard InChI is InChI=1S/C8H7NO3/c1-11-8-9-5-3-2-4-6(10)7(5)12-8/h2-4,10H,1H3. The van der Waals surface area contributed by atoms with Crippen molar-refractivity contribution in [2.24, 2.45) is 0 Å². The molecule has 1 heterocycles. The van der Waals surface area contributed by atoms with E-state index in [0.717, 1.165) is 0 Å². The summed E-state index contributed by atoms with van der Waals surface area (Å²) < 4.78 is 9.83. The van der Waals surface area contributed by atoms with Crippen LogP contribution in [0.5, 0.6) is 11.8 Å². The first-order chi connectivity index (χ1) is 5.81. The number of oxazole rings is 1. The first-order valence-corrected chi connectivity index (χ1v) is 3.44. The number of aromatic nitrogens is 1. The number of ether oxygens (including phenoxy) is 1. The van der Waals surface area contributed by atoms with E-state index in [2.05, 4.69) is 4.98 Å². The van der Waals surface area contributed by atoms with E-state index in [1.807, 2.05) is 0 Å². The summed E-state index contributed by atoms with van der Waals surface area (Å²) in [5.74, 6) is 0.0725. The summed E-state index contributed by atoms with van der Waals surface area (Å²) >= 11 is 0. The summed E-state index contributed by atoms with van der Waals surface area (Å²) in [7, 11) is 1.46. The largest absolute Gasteiger partial charge is 0.504 e. The van der Waals surface area contributed by atoms with Crippen LogP contribution in [0.1, 0.15) is 0 Å². The van der Waals surface area contributed by atoms with Crippen molar-refractivity contribution in [1.29, 1.82) is 0 Å². The molecule has 4 nitrogen and oxygen atoms in total. The minimum atomic E-state index is 0.0725. The lowest BCUT2D eigenvalue weighted by Crippen LogP contribution is -1.79. The minimum absolute atomic E-state index is 0.0725. The maximum absolute atomic E-state index is 9.29. The predicted octanol–water partition coefficient (Wildman–Crippen LogP) is 1.54. The second kappa shape index (κ2) is 2.41. The van der Waals surface area contributed by atoms with Crippen molar-refractivity contribution in [3.05, 3.63) is 18.2 Å². The molecule has 2 rings (SSSR count). The Morgan fingerprint density at radius 1 is 1.50 bits per heavy atom. The Balaban J connectivity index is 2.74. The van der Waals surface area contributed by atoms with Crippen LogP contribution in [0, 0.1) is 0 Å². The zero-order valence-corrected chi connectivity index (χ0v) is 6.44. The first-order valence-electron chi connectivity index (χ1n) is 3.44. The van der Waals surface area contributed by atoms with Gasteiger partial charge < -0.3 is 14.3 Å². The number of phenols is 1. The van der Waals surface area contributed by atoms with E-state index >= 15 is 0 Å². The Morgan fingerprint density at radius 2 is 2.33 bits per heavy atom. The molecule has 0 bridgehead atoms. The SMILES string of the molecule is COc1nc2cccc(O)c2o1. The number of hydrogen-bond donors (Lipinski definition) is 1. The zero-order valence-electron chi connectivity index (χ0n) is 6.44. The second-order valence-electron chi connectivity index (χ2n) is 2.31. The molecule has 0 aliphatic rings. The molecular formula is C8H7NO3. The molecule has 0 aliphatic carbocycles. The Bertz CT molecular complexity index is 408. The van der Waals surface area contributed by atoms with Crippen molar-refractivity contribution in [1.82, 2.24) is 4.98 Å². The average molecular weight is 165 g/mol. The molecule has 0 aliphatic heterocycles. The summed E-state index contributed by atoms with van der Waals surface area (Å²) in [5.41, 5.74) is 0.946. The summed E-state index contributed by atoms with van der Waals surface area (Å²) in [6.07, 6.45) is 0.159. The van der Waals surface area contributed by atoms with Gasteiger partial charge in [-0.05, 0) is 12.1 Å². The molecule has 0 saturated carbocycles. The molecule has 62 valence electrons. The van der Waals surface area contributed by atoms with E-state index in [1.165, 1.54) is 13.2 Å². The van der Waals surface area contributed by atoms with E-state index in [4.69, 9.17) is 9.15 Å². The van der Waals surface area contributed by atoms with Crippen LogP contribution in [0.4, 0.5) is 0 Å². The molecule has 0 amide bonds. The lowest BCUT2D eigenvalue weighted by atomic mass is 10.3. The van der Waals surface area contributed by atoms with Crippen LogP contribution >= 0.6 is 0 Å². The maximum atomic E-state index is 9.29. The van der Waals surface area contributed by atoms with Gasteiger partial charge in [0.1, 0.15) is 5.52 Å². The number of benzene rings is 1. The van der Waals surface area contributed by atoms with Crippen LogP contribution in [0.25, 0.3) is 11.1 Å². The number of rotatable bonds is 1. The Morgan fingerprint density at radius 3 is 3.00 bits per heavy atom. The van der Waals surface area contributed by atoms with Crippen molar-refractivity contribution >= 4 is 11.1 Å². The number of phenolic OH excluding ortho intramolecular Hbond substituents is 1. The van der Waals surface area contributed by atoms with Crippen LogP contribution in [-0.2, 0) is 0 Å². The van der Waals surface area contributed by atoms with E-state index < -0.39 is 0 Å². The number of aromatic hydroxyl groups is 1. The fraction of sp³-hybridized carbons (Fsp3) is 0.125. The summed E-state index contributed by atoms with van der Waals surface area (Å²) in [4.78, 5) is 3.94. The van der Waals surface area contributed by atoms with Gasteiger partial charge in [0.15, 0.2) is 11.3 Å². The van der Waals surface area contributed by atoms with Gasteiger partial charge in [0, 0.05) is 0 Å². The van der Waals surface area contributed by atoms with Crippen molar-refractivity contribution in [3.63, 3.8) is 0 Å². The summed E-state index contributed by atoms with van der Waals surface area (Å²) in [6.45, 7) is 0. The molecule has 0 atom stereocenters. The van der Waals surface area contributed by atoms with E-state index in [9.17, 15) is 5.11 Å². The normalized spacial score (nSPS) is 10.4. The molecule has 0 fully saturated rings. The minimum Gasteiger partial charge on any atom is -0.504 e. The topological polar surface area (TPSA) is 55.5 Å². The number of methoxy groups -OCH3 is 1. The highest BCUT2D eigenvalue weighted by molar-refractivity contribution is 5.79. The van der Waals surface area contributed by atoms with E-state index in [-0.39, 0.29) is 11.8 Å². The highest BCUT2D eigenvalue weighted by Crippen LogP contribution is 2.27. The fourth-order valence-corrected chi connectivity index (χ4v) is 1.00. The van der Waals surface area contributed by atoms with Gasteiger partial charge in [-0.2, -0.15) is 4.98 Å². The van der Waals surface area contributed by atoms with Crippen LogP contribution in [0.3, 0.4) is 0 Å². The third-order valence-electron chi connectivity index (χ3n) is 1.55. The zero-order chi connectivity index (χ0) is 8.55. The summed E-state index contributed by atoms with van der Waals surface area (Å²) in [6, 6.07) is 4.97. The lowest BCUT2D eigenvalue weighted by Gasteiger charge is -1.88. The maximum Gasteiger partial charge on any atom is 0.394 e. The number of fused-ring (bicyclic) bond motifs is 1. The second-order valence-corrected chi connectivity index (χ2v) is 2.31. The van der Waals surface area contributed by atoms with Crippen molar-refractivity contribution in [3.8, 4) is 11.8 Å². The molecule has 1 aromatic carbocycles. The van der Waals surface area contributed by atoms with E-state index in [0.29, 0.717) is 11.1 Å². The highest BCUT2D eigenvalue weighted by atomic mass is 16.6. The molecule has 0 radical (unpaired) electrons. The molecule has 1 N–H and O–H groups in total. The molecule has 2 aromatic rings. The van der Waals surface area contributed by atoms with Gasteiger partial charge in [-0.25, -0.2) is 0 Å². The molecule has 0 spiro atoms. The van der Waals surface area contributed by atoms with Gasteiger partial charge in [-0.15, -0.1) is 0 Å². The predicted molar refractivity (Wildman–Crippen MR) is 42.2 cm³/mol. The molecule has 12 heavy (non-hydrogen) atoms. The lowest BCUT2D eigenvalue weighted by molar-refractivity contribution is 0.297. The van der Waals surface area contributed by atoms with Gasteiger partial charge in [0.2, 0.25) is 0 Å². The molecule has 4 heteroatoms. The number of para-hydroxylation sites is 1. The van der Waals surface area contributed by atoms with Gasteiger partial charge in [-0.1, -0.05) is 6.07 Å². The third-order valence-corrected chi connectivity index (χ3v) is 1.55. The Hall–Kier alpha value is -1.71. The van der Waals surface area contributed by atoms with Crippen LogP contribution in [0.2, 0.25) is 0 Å². The van der Waals surface area contributed by atoms with Gasteiger partial charge in [0.05, 0.1) is 7.11 Å². The summed E-state index contributed by atoms with van der Waals surface area (Å²) in [5, 5.41) is 9.29. The van der Waals surface area contributed by atoms with Crippen molar-refractivity contribution in [2.45, 2.75) is 0 Å². The van der Waals surface area contributed by atoms with E-state index in [1.54, 1.807) is 12.1 Å². The quantitative estimate of drug-likeness (QED) is 0.696. The highest BCUT2D eigenvalue weighted by Gasteiger charge is 2.07.